The standard InChI is InChI=1S/C14H15FN2O2S/c1-3-10-7-16-14(20-10)8(2)17-13(19)11-5-4-9(18)6-12(11)15/h4-8,18H,3H2,1-2H3,(H,17,19). The van der Waals surface area contributed by atoms with Crippen molar-refractivity contribution in [1.29, 1.82) is 0 Å². The highest BCUT2D eigenvalue weighted by atomic mass is 32.1. The number of phenols is 1. The van der Waals surface area contributed by atoms with E-state index >= 15 is 0 Å². The van der Waals surface area contributed by atoms with E-state index in [4.69, 9.17) is 5.11 Å². The number of thiazole rings is 1. The zero-order valence-electron chi connectivity index (χ0n) is 11.2. The summed E-state index contributed by atoms with van der Waals surface area (Å²) in [6.45, 7) is 3.83. The zero-order valence-corrected chi connectivity index (χ0v) is 12.0. The fourth-order valence-electron chi connectivity index (χ4n) is 1.71. The van der Waals surface area contributed by atoms with Crippen molar-refractivity contribution >= 4 is 17.2 Å². The molecule has 1 atom stereocenters. The van der Waals surface area contributed by atoms with E-state index in [0.29, 0.717) is 0 Å². The van der Waals surface area contributed by atoms with Gasteiger partial charge in [-0.05, 0) is 25.5 Å². The summed E-state index contributed by atoms with van der Waals surface area (Å²) in [6.07, 6.45) is 2.68. The molecule has 0 bridgehead atoms. The molecule has 0 aliphatic carbocycles. The first-order chi connectivity index (χ1) is 9.51. The summed E-state index contributed by atoms with van der Waals surface area (Å²) < 4.78 is 13.6. The summed E-state index contributed by atoms with van der Waals surface area (Å²) in [7, 11) is 0. The number of halogens is 1. The van der Waals surface area contributed by atoms with Crippen LogP contribution in [-0.4, -0.2) is 16.0 Å². The van der Waals surface area contributed by atoms with Crippen LogP contribution in [0.3, 0.4) is 0 Å². The molecule has 2 aromatic rings. The first-order valence-electron chi connectivity index (χ1n) is 6.25. The molecule has 0 spiro atoms. The number of nitrogens with zero attached hydrogens (tertiary/aromatic N) is 1. The molecule has 0 aliphatic rings. The molecule has 106 valence electrons. The quantitative estimate of drug-likeness (QED) is 0.911. The van der Waals surface area contributed by atoms with E-state index in [0.717, 1.165) is 22.4 Å². The van der Waals surface area contributed by atoms with Crippen LogP contribution in [0, 0.1) is 5.82 Å². The van der Waals surface area contributed by atoms with Gasteiger partial charge in [-0.15, -0.1) is 11.3 Å². The SMILES string of the molecule is CCc1cnc(C(C)NC(=O)c2ccc(O)cc2F)s1. The van der Waals surface area contributed by atoms with Gasteiger partial charge in [-0.25, -0.2) is 9.37 Å². The van der Waals surface area contributed by atoms with E-state index in [2.05, 4.69) is 10.3 Å². The van der Waals surface area contributed by atoms with Crippen LogP contribution in [-0.2, 0) is 6.42 Å². The number of benzene rings is 1. The maximum Gasteiger partial charge on any atom is 0.254 e. The topological polar surface area (TPSA) is 62.2 Å². The van der Waals surface area contributed by atoms with Crippen LogP contribution in [0.5, 0.6) is 5.75 Å². The predicted octanol–water partition coefficient (Wildman–Crippen LogP) is 3.04. The lowest BCUT2D eigenvalue weighted by Gasteiger charge is -2.11. The number of hydrogen-bond donors (Lipinski definition) is 2. The van der Waals surface area contributed by atoms with Crippen LogP contribution in [0.15, 0.2) is 24.4 Å². The molecule has 6 heteroatoms. The van der Waals surface area contributed by atoms with Crippen molar-refractivity contribution < 1.29 is 14.3 Å². The van der Waals surface area contributed by atoms with Gasteiger partial charge in [0.1, 0.15) is 16.6 Å². The van der Waals surface area contributed by atoms with Gasteiger partial charge in [-0.3, -0.25) is 4.79 Å². The van der Waals surface area contributed by atoms with E-state index in [1.54, 1.807) is 13.1 Å². The number of phenolic OH excluding ortho intramolecular Hbond substituents is 1. The lowest BCUT2D eigenvalue weighted by Crippen LogP contribution is -2.27. The minimum Gasteiger partial charge on any atom is -0.508 e. The van der Waals surface area contributed by atoms with Crippen LogP contribution < -0.4 is 5.32 Å². The number of aromatic nitrogens is 1. The van der Waals surface area contributed by atoms with Gasteiger partial charge in [0.25, 0.3) is 5.91 Å². The van der Waals surface area contributed by atoms with Crippen LogP contribution in [0.1, 0.15) is 40.1 Å². The Hall–Kier alpha value is -1.95. The van der Waals surface area contributed by atoms with Crippen LogP contribution in [0.4, 0.5) is 4.39 Å². The van der Waals surface area contributed by atoms with E-state index in [1.165, 1.54) is 23.5 Å². The summed E-state index contributed by atoms with van der Waals surface area (Å²) in [4.78, 5) is 17.4. The average molecular weight is 294 g/mol. The molecule has 1 amide bonds. The third-order valence-electron chi connectivity index (χ3n) is 2.84. The number of aryl methyl sites for hydroxylation is 1. The molecular formula is C14H15FN2O2S. The van der Waals surface area contributed by atoms with Gasteiger partial charge in [0, 0.05) is 17.1 Å². The molecule has 1 aromatic heterocycles. The second kappa shape index (κ2) is 6.00. The van der Waals surface area contributed by atoms with Crippen molar-refractivity contribution in [1.82, 2.24) is 10.3 Å². The largest absolute Gasteiger partial charge is 0.508 e. The lowest BCUT2D eigenvalue weighted by atomic mass is 10.2. The minimum absolute atomic E-state index is 0.0954. The van der Waals surface area contributed by atoms with E-state index in [1.807, 2.05) is 6.92 Å². The Kier molecular flexibility index (Phi) is 4.34. The molecule has 4 nitrogen and oxygen atoms in total. The van der Waals surface area contributed by atoms with Gasteiger partial charge >= 0.3 is 0 Å². The molecular weight excluding hydrogens is 279 g/mol. The molecule has 0 radical (unpaired) electrons. The highest BCUT2D eigenvalue weighted by Gasteiger charge is 2.17. The van der Waals surface area contributed by atoms with E-state index < -0.39 is 11.7 Å². The van der Waals surface area contributed by atoms with Crippen molar-refractivity contribution in [3.8, 4) is 5.75 Å². The van der Waals surface area contributed by atoms with Crippen molar-refractivity contribution in [3.05, 3.63) is 45.7 Å². The molecule has 2 N–H and O–H groups in total. The molecule has 1 unspecified atom stereocenters. The third kappa shape index (κ3) is 3.14. The monoisotopic (exact) mass is 294 g/mol. The molecule has 0 aliphatic heterocycles. The Morgan fingerprint density at radius 2 is 2.30 bits per heavy atom. The van der Waals surface area contributed by atoms with Crippen LogP contribution in [0.2, 0.25) is 0 Å². The maximum absolute atomic E-state index is 13.6. The summed E-state index contributed by atoms with van der Waals surface area (Å²) in [5.74, 6) is -1.48. The van der Waals surface area contributed by atoms with Gasteiger partial charge in [0.15, 0.2) is 0 Å². The average Bonchev–Trinajstić information content (AvgIpc) is 2.87. The zero-order chi connectivity index (χ0) is 14.7. The molecule has 0 saturated carbocycles. The first kappa shape index (κ1) is 14.5. The molecule has 0 saturated heterocycles. The number of amides is 1. The van der Waals surface area contributed by atoms with E-state index in [-0.39, 0.29) is 17.4 Å². The second-order valence-electron chi connectivity index (χ2n) is 4.38. The number of hydrogen-bond acceptors (Lipinski definition) is 4. The Morgan fingerprint density at radius 1 is 1.55 bits per heavy atom. The maximum atomic E-state index is 13.6. The van der Waals surface area contributed by atoms with Gasteiger partial charge < -0.3 is 10.4 Å². The Labute approximate surface area is 120 Å². The Balaban J connectivity index is 2.10. The fourth-order valence-corrected chi connectivity index (χ4v) is 2.57. The highest BCUT2D eigenvalue weighted by molar-refractivity contribution is 7.11. The molecule has 1 heterocycles. The highest BCUT2D eigenvalue weighted by Crippen LogP contribution is 2.21. The number of carbonyl (C=O) groups is 1. The van der Waals surface area contributed by atoms with Crippen LogP contribution >= 0.6 is 11.3 Å². The number of aromatic hydroxyl groups is 1. The third-order valence-corrected chi connectivity index (χ3v) is 4.16. The van der Waals surface area contributed by atoms with Gasteiger partial charge in [-0.2, -0.15) is 0 Å². The summed E-state index contributed by atoms with van der Waals surface area (Å²) in [6, 6.07) is 3.16. The van der Waals surface area contributed by atoms with Gasteiger partial charge in [-0.1, -0.05) is 6.92 Å². The van der Waals surface area contributed by atoms with Gasteiger partial charge in [0.05, 0.1) is 11.6 Å². The predicted molar refractivity (Wildman–Crippen MR) is 75.4 cm³/mol. The van der Waals surface area contributed by atoms with Crippen molar-refractivity contribution in [2.45, 2.75) is 26.3 Å². The normalized spacial score (nSPS) is 12.2. The smallest absolute Gasteiger partial charge is 0.254 e. The fraction of sp³-hybridized carbons (Fsp3) is 0.286. The Morgan fingerprint density at radius 3 is 2.90 bits per heavy atom. The second-order valence-corrected chi connectivity index (χ2v) is 5.52. The molecule has 2 rings (SSSR count). The Bertz CT molecular complexity index is 627. The molecule has 0 fully saturated rings. The van der Waals surface area contributed by atoms with Crippen LogP contribution in [0.25, 0.3) is 0 Å². The molecule has 1 aromatic carbocycles. The van der Waals surface area contributed by atoms with E-state index in [9.17, 15) is 9.18 Å². The van der Waals surface area contributed by atoms with Crippen molar-refractivity contribution in [2.75, 3.05) is 0 Å². The first-order valence-corrected chi connectivity index (χ1v) is 7.07. The lowest BCUT2D eigenvalue weighted by molar-refractivity contribution is 0.0935. The number of rotatable bonds is 4. The minimum atomic E-state index is -0.747. The van der Waals surface area contributed by atoms with Crippen molar-refractivity contribution in [3.63, 3.8) is 0 Å². The number of nitrogens with one attached hydrogen (secondary N) is 1. The number of carbonyl (C=O) groups excluding carboxylic acids is 1. The molecule has 20 heavy (non-hydrogen) atoms. The van der Waals surface area contributed by atoms with Crippen molar-refractivity contribution in [2.24, 2.45) is 0 Å². The summed E-state index contributed by atoms with van der Waals surface area (Å²) in [5.41, 5.74) is -0.0954. The summed E-state index contributed by atoms with van der Waals surface area (Å²) in [5, 5.41) is 12.6. The summed E-state index contributed by atoms with van der Waals surface area (Å²) >= 11 is 1.53. The van der Waals surface area contributed by atoms with Gasteiger partial charge in [0.2, 0.25) is 0 Å².